The van der Waals surface area contributed by atoms with Crippen LogP contribution in [0.4, 0.5) is 0 Å². The van der Waals surface area contributed by atoms with Crippen molar-refractivity contribution in [2.45, 2.75) is 36.8 Å². The number of ether oxygens (including phenoxy) is 1. The van der Waals surface area contributed by atoms with Crippen molar-refractivity contribution in [1.82, 2.24) is 10.3 Å². The van der Waals surface area contributed by atoms with E-state index in [0.717, 1.165) is 0 Å². The lowest BCUT2D eigenvalue weighted by Gasteiger charge is -2.28. The molecule has 1 aliphatic heterocycles. The molecular formula is C11H17N3O4S. The van der Waals surface area contributed by atoms with Gasteiger partial charge in [0.05, 0.1) is 16.5 Å². The van der Waals surface area contributed by atoms with E-state index < -0.39 is 15.6 Å². The zero-order valence-corrected chi connectivity index (χ0v) is 11.6. The smallest absolute Gasteiger partial charge is 0.268 e. The summed E-state index contributed by atoms with van der Waals surface area (Å²) in [4.78, 5) is 14.6. The maximum atomic E-state index is 12.1. The molecule has 2 unspecified atom stereocenters. The van der Waals surface area contributed by atoms with Gasteiger partial charge in [0.25, 0.3) is 5.91 Å². The van der Waals surface area contributed by atoms with Crippen molar-refractivity contribution in [2.75, 3.05) is 6.61 Å². The van der Waals surface area contributed by atoms with E-state index in [9.17, 15) is 13.2 Å². The molecule has 0 radical (unpaired) electrons. The molecule has 2 rings (SSSR count). The first-order valence-corrected chi connectivity index (χ1v) is 7.42. The molecule has 0 aliphatic carbocycles. The largest absolute Gasteiger partial charge is 0.376 e. The summed E-state index contributed by atoms with van der Waals surface area (Å²) in [6.45, 7) is 4.37. The number of sulfonamides is 1. The number of rotatable bonds is 3. The van der Waals surface area contributed by atoms with E-state index >= 15 is 0 Å². The van der Waals surface area contributed by atoms with Gasteiger partial charge in [-0.2, -0.15) is 0 Å². The van der Waals surface area contributed by atoms with Gasteiger partial charge in [-0.3, -0.25) is 4.79 Å². The predicted molar refractivity (Wildman–Crippen MR) is 68.1 cm³/mol. The first kappa shape index (κ1) is 14.0. The first-order chi connectivity index (χ1) is 8.72. The van der Waals surface area contributed by atoms with E-state index in [4.69, 9.17) is 9.88 Å². The number of primary sulfonamides is 1. The van der Waals surface area contributed by atoms with Gasteiger partial charge in [0, 0.05) is 12.8 Å². The summed E-state index contributed by atoms with van der Waals surface area (Å²) in [7, 11) is -3.80. The molecule has 7 nitrogen and oxygen atoms in total. The monoisotopic (exact) mass is 287 g/mol. The molecule has 1 aromatic heterocycles. The molecule has 1 amide bonds. The molecule has 19 heavy (non-hydrogen) atoms. The molecule has 1 aliphatic rings. The average molecular weight is 287 g/mol. The highest BCUT2D eigenvalue weighted by Gasteiger charge is 2.38. The minimum atomic E-state index is -3.80. The third-order valence-corrected chi connectivity index (χ3v) is 4.41. The fourth-order valence-electron chi connectivity index (χ4n) is 2.00. The van der Waals surface area contributed by atoms with Gasteiger partial charge in [-0.25, -0.2) is 13.6 Å². The van der Waals surface area contributed by atoms with Crippen LogP contribution >= 0.6 is 0 Å². The van der Waals surface area contributed by atoms with Gasteiger partial charge in [0.1, 0.15) is 5.69 Å². The Morgan fingerprint density at radius 3 is 2.79 bits per heavy atom. The lowest BCUT2D eigenvalue weighted by molar-refractivity contribution is 0.0724. The Hall–Kier alpha value is -1.38. The second-order valence-electron chi connectivity index (χ2n) is 4.93. The van der Waals surface area contributed by atoms with Crippen LogP contribution in [0.3, 0.4) is 0 Å². The number of hydrogen-bond donors (Lipinski definition) is 3. The Kier molecular flexibility index (Phi) is 3.41. The van der Waals surface area contributed by atoms with Crippen molar-refractivity contribution in [1.29, 1.82) is 0 Å². The van der Waals surface area contributed by atoms with Gasteiger partial charge in [-0.15, -0.1) is 0 Å². The van der Waals surface area contributed by atoms with Gasteiger partial charge in [-0.05, 0) is 26.3 Å². The van der Waals surface area contributed by atoms with E-state index in [-0.39, 0.29) is 22.6 Å². The molecule has 0 saturated carbocycles. The maximum absolute atomic E-state index is 12.1. The maximum Gasteiger partial charge on any atom is 0.268 e. The number of carbonyl (C=O) groups excluding carboxylic acids is 1. The minimum absolute atomic E-state index is 0.0934. The van der Waals surface area contributed by atoms with Gasteiger partial charge in [0.15, 0.2) is 0 Å². The van der Waals surface area contributed by atoms with Crippen LogP contribution in [0.5, 0.6) is 0 Å². The number of aromatic nitrogens is 1. The van der Waals surface area contributed by atoms with Crippen molar-refractivity contribution in [2.24, 2.45) is 5.14 Å². The van der Waals surface area contributed by atoms with E-state index in [0.29, 0.717) is 13.0 Å². The van der Waals surface area contributed by atoms with Gasteiger partial charge in [0.2, 0.25) is 10.0 Å². The summed E-state index contributed by atoms with van der Waals surface area (Å²) in [5, 5.41) is 7.84. The molecule has 1 aromatic rings. The Morgan fingerprint density at radius 1 is 1.63 bits per heavy atom. The molecule has 1 fully saturated rings. The Bertz CT molecular complexity index is 595. The molecular weight excluding hydrogens is 270 g/mol. The highest BCUT2D eigenvalue weighted by Crippen LogP contribution is 2.25. The third kappa shape index (κ3) is 2.80. The van der Waals surface area contributed by atoms with Crippen LogP contribution < -0.4 is 10.5 Å². The van der Waals surface area contributed by atoms with Gasteiger partial charge in [-0.1, -0.05) is 0 Å². The van der Waals surface area contributed by atoms with E-state index in [1.54, 1.807) is 0 Å². The number of amides is 1. The van der Waals surface area contributed by atoms with Crippen LogP contribution in [0.25, 0.3) is 0 Å². The lowest BCUT2D eigenvalue weighted by atomic mass is 9.94. The van der Waals surface area contributed by atoms with Crippen LogP contribution in [-0.4, -0.2) is 37.6 Å². The Balaban J connectivity index is 2.15. The molecule has 2 atom stereocenters. The normalized spacial score (nSPS) is 27.4. The molecule has 2 heterocycles. The van der Waals surface area contributed by atoms with E-state index in [2.05, 4.69) is 10.3 Å². The molecule has 0 bridgehead atoms. The molecule has 0 spiro atoms. The average Bonchev–Trinajstić information content (AvgIpc) is 2.86. The van der Waals surface area contributed by atoms with Gasteiger partial charge >= 0.3 is 0 Å². The molecule has 0 aromatic carbocycles. The summed E-state index contributed by atoms with van der Waals surface area (Å²) < 4.78 is 27.7. The third-order valence-electron chi connectivity index (χ3n) is 3.52. The van der Waals surface area contributed by atoms with Crippen LogP contribution in [0.15, 0.2) is 17.2 Å². The topological polar surface area (TPSA) is 114 Å². The molecule has 1 saturated heterocycles. The van der Waals surface area contributed by atoms with Crippen LogP contribution in [0.1, 0.15) is 30.8 Å². The fraction of sp³-hybridized carbons (Fsp3) is 0.545. The summed E-state index contributed by atoms with van der Waals surface area (Å²) in [6.07, 6.45) is 1.81. The van der Waals surface area contributed by atoms with E-state index in [1.807, 2.05) is 13.8 Å². The number of H-pyrrole nitrogens is 1. The van der Waals surface area contributed by atoms with Crippen molar-refractivity contribution in [3.8, 4) is 0 Å². The number of nitrogens with one attached hydrogen (secondary N) is 2. The minimum Gasteiger partial charge on any atom is -0.376 e. The lowest BCUT2D eigenvalue weighted by Crippen LogP contribution is -2.50. The molecule has 106 valence electrons. The second-order valence-corrected chi connectivity index (χ2v) is 6.49. The zero-order valence-electron chi connectivity index (χ0n) is 10.8. The first-order valence-electron chi connectivity index (χ1n) is 5.88. The second kappa shape index (κ2) is 4.62. The summed E-state index contributed by atoms with van der Waals surface area (Å²) in [5.41, 5.74) is -0.298. The standard InChI is InChI=1S/C11H17N3O4S/c1-7-11(2,3-4-18-7)14-10(15)9-5-8(6-13-9)19(12,16)17/h5-7,13H,3-4H2,1-2H3,(H,14,15)(H2,12,16,17). The summed E-state index contributed by atoms with van der Waals surface area (Å²) >= 11 is 0. The summed E-state index contributed by atoms with van der Waals surface area (Å²) in [6, 6.07) is 1.22. The highest BCUT2D eigenvalue weighted by atomic mass is 32.2. The quantitative estimate of drug-likeness (QED) is 0.723. The van der Waals surface area contributed by atoms with Crippen molar-refractivity contribution < 1.29 is 17.9 Å². The molecule has 4 N–H and O–H groups in total. The number of hydrogen-bond acceptors (Lipinski definition) is 4. The number of carbonyl (C=O) groups is 1. The van der Waals surface area contributed by atoms with Crippen molar-refractivity contribution in [3.63, 3.8) is 0 Å². The zero-order chi connectivity index (χ0) is 14.3. The van der Waals surface area contributed by atoms with Crippen molar-refractivity contribution in [3.05, 3.63) is 18.0 Å². The van der Waals surface area contributed by atoms with Crippen LogP contribution in [-0.2, 0) is 14.8 Å². The van der Waals surface area contributed by atoms with E-state index in [1.165, 1.54) is 12.3 Å². The molecule has 8 heteroatoms. The highest BCUT2D eigenvalue weighted by molar-refractivity contribution is 7.89. The Morgan fingerprint density at radius 2 is 2.32 bits per heavy atom. The predicted octanol–water partition coefficient (Wildman–Crippen LogP) is -0.0406. The fourth-order valence-corrected chi connectivity index (χ4v) is 2.50. The van der Waals surface area contributed by atoms with Crippen LogP contribution in [0, 0.1) is 0 Å². The SMILES string of the molecule is CC1OCCC1(C)NC(=O)c1cc(S(N)(=O)=O)c[nH]1. The van der Waals surface area contributed by atoms with Crippen molar-refractivity contribution >= 4 is 15.9 Å². The Labute approximate surface area is 111 Å². The van der Waals surface area contributed by atoms with Gasteiger partial charge < -0.3 is 15.0 Å². The number of nitrogens with two attached hydrogens (primary N) is 1. The van der Waals surface area contributed by atoms with Crippen LogP contribution in [0.2, 0.25) is 0 Å². The number of aromatic amines is 1. The summed E-state index contributed by atoms with van der Waals surface area (Å²) in [5.74, 6) is -0.380.